The number of hydrogen-bond donors (Lipinski definition) is 0. The average molecular weight is 270 g/mol. The second-order valence-corrected chi connectivity index (χ2v) is 6.02. The Morgan fingerprint density at radius 3 is 2.95 bits per heavy atom. The highest BCUT2D eigenvalue weighted by molar-refractivity contribution is 5.84. The molecule has 1 fully saturated rings. The third kappa shape index (κ3) is 2.45. The number of likely N-dealkylation sites (tertiary alicyclic amines) is 1. The van der Waals surface area contributed by atoms with E-state index >= 15 is 0 Å². The third-order valence-electron chi connectivity index (χ3n) is 4.32. The van der Waals surface area contributed by atoms with Crippen LogP contribution < -0.4 is 0 Å². The van der Waals surface area contributed by atoms with Gasteiger partial charge in [-0.1, -0.05) is 25.1 Å². The number of hydrogen-bond acceptors (Lipinski definition) is 1. The molecular formula is C17H22N2O. The first-order chi connectivity index (χ1) is 9.65. The van der Waals surface area contributed by atoms with E-state index in [1.54, 1.807) is 0 Å². The fourth-order valence-corrected chi connectivity index (χ4v) is 3.21. The summed E-state index contributed by atoms with van der Waals surface area (Å²) in [7, 11) is 0. The zero-order valence-electron chi connectivity index (χ0n) is 12.3. The highest BCUT2D eigenvalue weighted by Gasteiger charge is 2.21. The summed E-state index contributed by atoms with van der Waals surface area (Å²) in [6.45, 7) is 6.60. The van der Waals surface area contributed by atoms with Gasteiger partial charge in [-0.25, -0.2) is 0 Å². The largest absolute Gasteiger partial charge is 0.341 e. The first kappa shape index (κ1) is 13.2. The maximum absolute atomic E-state index is 12.5. The van der Waals surface area contributed by atoms with E-state index in [1.807, 2.05) is 17.0 Å². The molecule has 0 radical (unpaired) electrons. The molecular weight excluding hydrogens is 248 g/mol. The molecule has 106 valence electrons. The zero-order valence-corrected chi connectivity index (χ0v) is 12.3. The van der Waals surface area contributed by atoms with Gasteiger partial charge in [0.15, 0.2) is 0 Å². The summed E-state index contributed by atoms with van der Waals surface area (Å²) >= 11 is 0. The molecule has 0 saturated carbocycles. The van der Waals surface area contributed by atoms with E-state index in [4.69, 9.17) is 0 Å². The van der Waals surface area contributed by atoms with Crippen molar-refractivity contribution in [2.24, 2.45) is 5.92 Å². The van der Waals surface area contributed by atoms with Crippen LogP contribution in [0.25, 0.3) is 10.9 Å². The van der Waals surface area contributed by atoms with Crippen LogP contribution in [0.3, 0.4) is 0 Å². The smallest absolute Gasteiger partial charge is 0.242 e. The lowest BCUT2D eigenvalue weighted by atomic mass is 10.0. The molecule has 1 aliphatic rings. The number of carbonyl (C=O) groups excluding carboxylic acids is 1. The molecule has 1 saturated heterocycles. The van der Waals surface area contributed by atoms with Gasteiger partial charge in [-0.2, -0.15) is 0 Å². The lowest BCUT2D eigenvalue weighted by Crippen LogP contribution is -2.40. The second-order valence-electron chi connectivity index (χ2n) is 6.02. The number of amides is 1. The van der Waals surface area contributed by atoms with E-state index in [9.17, 15) is 4.79 Å². The van der Waals surface area contributed by atoms with Gasteiger partial charge in [0, 0.05) is 24.3 Å². The van der Waals surface area contributed by atoms with Crippen molar-refractivity contribution in [1.29, 1.82) is 0 Å². The summed E-state index contributed by atoms with van der Waals surface area (Å²) in [5.74, 6) is 0.885. The van der Waals surface area contributed by atoms with Gasteiger partial charge in [-0.3, -0.25) is 4.79 Å². The lowest BCUT2D eigenvalue weighted by molar-refractivity contribution is -0.133. The summed E-state index contributed by atoms with van der Waals surface area (Å²) in [5, 5.41) is 1.21. The number of fused-ring (bicyclic) bond motifs is 1. The van der Waals surface area contributed by atoms with Crippen molar-refractivity contribution in [2.75, 3.05) is 13.1 Å². The minimum atomic E-state index is 0.251. The summed E-state index contributed by atoms with van der Waals surface area (Å²) in [5.41, 5.74) is 2.31. The zero-order chi connectivity index (χ0) is 14.1. The van der Waals surface area contributed by atoms with Gasteiger partial charge in [0.05, 0.1) is 0 Å². The Morgan fingerprint density at radius 2 is 2.15 bits per heavy atom. The molecule has 0 N–H and O–H groups in total. The van der Waals surface area contributed by atoms with Crippen molar-refractivity contribution in [3.8, 4) is 0 Å². The number of benzene rings is 1. The maximum Gasteiger partial charge on any atom is 0.242 e. The van der Waals surface area contributed by atoms with Crippen molar-refractivity contribution in [3.05, 3.63) is 36.0 Å². The second kappa shape index (κ2) is 5.31. The number of aromatic nitrogens is 1. The molecule has 1 atom stereocenters. The Labute approximate surface area is 120 Å². The minimum Gasteiger partial charge on any atom is -0.341 e. The molecule has 3 rings (SSSR count). The average Bonchev–Trinajstić information content (AvgIpc) is 2.75. The molecule has 20 heavy (non-hydrogen) atoms. The van der Waals surface area contributed by atoms with Gasteiger partial charge in [0.2, 0.25) is 5.91 Å². The molecule has 0 spiro atoms. The highest BCUT2D eigenvalue weighted by atomic mass is 16.2. The molecule has 1 aliphatic heterocycles. The summed E-state index contributed by atoms with van der Waals surface area (Å²) in [6, 6.07) is 10.4. The third-order valence-corrected chi connectivity index (χ3v) is 4.32. The van der Waals surface area contributed by atoms with E-state index in [1.165, 1.54) is 11.8 Å². The van der Waals surface area contributed by atoms with Crippen molar-refractivity contribution in [3.63, 3.8) is 0 Å². The van der Waals surface area contributed by atoms with Crippen LogP contribution in [0.4, 0.5) is 0 Å². The maximum atomic E-state index is 12.5. The first-order valence-electron chi connectivity index (χ1n) is 7.48. The van der Waals surface area contributed by atoms with Crippen molar-refractivity contribution >= 4 is 16.8 Å². The molecule has 3 heteroatoms. The highest BCUT2D eigenvalue weighted by Crippen LogP contribution is 2.20. The van der Waals surface area contributed by atoms with Gasteiger partial charge in [-0.15, -0.1) is 0 Å². The number of nitrogens with zero attached hydrogens (tertiary/aromatic N) is 2. The van der Waals surface area contributed by atoms with Crippen LogP contribution >= 0.6 is 0 Å². The molecule has 0 aliphatic carbocycles. The number of aryl methyl sites for hydroxylation is 1. The van der Waals surface area contributed by atoms with Gasteiger partial charge >= 0.3 is 0 Å². The fraction of sp³-hybridized carbons (Fsp3) is 0.471. The number of para-hydroxylation sites is 1. The van der Waals surface area contributed by atoms with Crippen LogP contribution in [0.1, 0.15) is 25.5 Å². The standard InChI is InChI=1S/C17H22N2O/c1-13-6-5-9-18(11-13)17(20)12-19-14(2)10-15-7-3-4-8-16(15)19/h3-4,7-8,10,13H,5-6,9,11-12H2,1-2H3/t13-/m0/s1. The minimum absolute atomic E-state index is 0.251. The number of carbonyl (C=O) groups is 1. The Bertz CT molecular complexity index is 629. The monoisotopic (exact) mass is 270 g/mol. The molecule has 2 heterocycles. The van der Waals surface area contributed by atoms with Crippen LogP contribution in [-0.4, -0.2) is 28.5 Å². The van der Waals surface area contributed by atoms with Crippen LogP contribution in [0.2, 0.25) is 0 Å². The SMILES string of the molecule is Cc1cc2ccccc2n1CC(=O)N1CCC[C@H](C)C1. The molecule has 1 aromatic heterocycles. The van der Waals surface area contributed by atoms with E-state index in [-0.39, 0.29) is 5.91 Å². The lowest BCUT2D eigenvalue weighted by Gasteiger charge is -2.31. The molecule has 2 aromatic rings. The predicted octanol–water partition coefficient (Wildman–Crippen LogP) is 3.21. The van der Waals surface area contributed by atoms with E-state index < -0.39 is 0 Å². The number of rotatable bonds is 2. The summed E-state index contributed by atoms with van der Waals surface area (Å²) < 4.78 is 2.14. The van der Waals surface area contributed by atoms with Crippen LogP contribution in [0, 0.1) is 12.8 Å². The molecule has 1 amide bonds. The van der Waals surface area contributed by atoms with E-state index in [2.05, 4.69) is 36.6 Å². The van der Waals surface area contributed by atoms with Crippen LogP contribution in [-0.2, 0) is 11.3 Å². The Balaban J connectivity index is 1.82. The Kier molecular flexibility index (Phi) is 3.51. The van der Waals surface area contributed by atoms with Gasteiger partial charge in [-0.05, 0) is 43.2 Å². The molecule has 3 nitrogen and oxygen atoms in total. The Morgan fingerprint density at radius 1 is 1.35 bits per heavy atom. The summed E-state index contributed by atoms with van der Waals surface area (Å²) in [4.78, 5) is 14.5. The fourth-order valence-electron chi connectivity index (χ4n) is 3.21. The summed E-state index contributed by atoms with van der Waals surface area (Å²) in [6.07, 6.45) is 2.38. The molecule has 1 aromatic carbocycles. The van der Waals surface area contributed by atoms with Crippen molar-refractivity contribution < 1.29 is 4.79 Å². The quantitative estimate of drug-likeness (QED) is 0.822. The Hall–Kier alpha value is -1.77. The molecule has 0 bridgehead atoms. The van der Waals surface area contributed by atoms with Crippen LogP contribution in [0.5, 0.6) is 0 Å². The predicted molar refractivity (Wildman–Crippen MR) is 81.7 cm³/mol. The molecule has 0 unspecified atom stereocenters. The van der Waals surface area contributed by atoms with Gasteiger partial charge in [0.1, 0.15) is 6.54 Å². The topological polar surface area (TPSA) is 25.2 Å². The van der Waals surface area contributed by atoms with Crippen molar-refractivity contribution in [2.45, 2.75) is 33.2 Å². The van der Waals surface area contributed by atoms with E-state index in [0.29, 0.717) is 12.5 Å². The van der Waals surface area contributed by atoms with Gasteiger partial charge in [0.25, 0.3) is 0 Å². The van der Waals surface area contributed by atoms with E-state index in [0.717, 1.165) is 30.7 Å². The van der Waals surface area contributed by atoms with Gasteiger partial charge < -0.3 is 9.47 Å². The normalized spacial score (nSPS) is 19.5. The van der Waals surface area contributed by atoms with Crippen molar-refractivity contribution in [1.82, 2.24) is 9.47 Å². The van der Waals surface area contributed by atoms with Crippen LogP contribution in [0.15, 0.2) is 30.3 Å². The number of piperidine rings is 1. The first-order valence-corrected chi connectivity index (χ1v) is 7.48.